The first kappa shape index (κ1) is 14.0. The number of nitrogens with one attached hydrogen (secondary N) is 1. The van der Waals surface area contributed by atoms with Crippen LogP contribution in [0.15, 0.2) is 24.3 Å². The van der Waals surface area contributed by atoms with Crippen LogP contribution in [0, 0.1) is 12.8 Å². The van der Waals surface area contributed by atoms with Gasteiger partial charge >= 0.3 is 0 Å². The molecule has 1 amide bonds. The average Bonchev–Trinajstić information content (AvgIpc) is 2.83. The lowest BCUT2D eigenvalue weighted by Gasteiger charge is -2.17. The Bertz CT molecular complexity index is 430. The highest BCUT2D eigenvalue weighted by molar-refractivity contribution is 5.79. The molecule has 19 heavy (non-hydrogen) atoms. The highest BCUT2D eigenvalue weighted by Crippen LogP contribution is 2.20. The Morgan fingerprint density at radius 2 is 2.16 bits per heavy atom. The predicted molar refractivity (Wildman–Crippen MR) is 72.7 cm³/mol. The van der Waals surface area contributed by atoms with Crippen molar-refractivity contribution in [1.29, 1.82) is 0 Å². The van der Waals surface area contributed by atoms with E-state index in [1.54, 1.807) is 0 Å². The molecule has 4 nitrogen and oxygen atoms in total. The Labute approximate surface area is 113 Å². The number of ether oxygens (including phenoxy) is 1. The van der Waals surface area contributed by atoms with Crippen LogP contribution >= 0.6 is 0 Å². The van der Waals surface area contributed by atoms with Crippen molar-refractivity contribution in [2.75, 3.05) is 13.2 Å². The van der Waals surface area contributed by atoms with Gasteiger partial charge in [0.15, 0.2) is 0 Å². The lowest BCUT2D eigenvalue weighted by molar-refractivity contribution is -0.126. The Morgan fingerprint density at radius 3 is 2.74 bits per heavy atom. The van der Waals surface area contributed by atoms with Gasteiger partial charge in [-0.05, 0) is 25.8 Å². The van der Waals surface area contributed by atoms with Crippen LogP contribution < -0.4 is 5.32 Å². The minimum atomic E-state index is -0.665. The third-order valence-electron chi connectivity index (χ3n) is 3.64. The van der Waals surface area contributed by atoms with Gasteiger partial charge in [-0.25, -0.2) is 0 Å². The van der Waals surface area contributed by atoms with Crippen molar-refractivity contribution in [3.63, 3.8) is 0 Å². The number of carbonyl (C=O) groups excluding carboxylic acids is 1. The van der Waals surface area contributed by atoms with Crippen LogP contribution in [0.25, 0.3) is 0 Å². The summed E-state index contributed by atoms with van der Waals surface area (Å²) >= 11 is 0. The van der Waals surface area contributed by atoms with Gasteiger partial charge in [0.25, 0.3) is 0 Å². The average molecular weight is 263 g/mol. The Kier molecular flexibility index (Phi) is 4.56. The van der Waals surface area contributed by atoms with Crippen molar-refractivity contribution in [2.45, 2.75) is 32.5 Å². The van der Waals surface area contributed by atoms with Crippen LogP contribution in [0.2, 0.25) is 0 Å². The quantitative estimate of drug-likeness (QED) is 0.867. The van der Waals surface area contributed by atoms with Crippen molar-refractivity contribution < 1.29 is 14.6 Å². The number of benzene rings is 1. The first-order chi connectivity index (χ1) is 9.08. The van der Waals surface area contributed by atoms with E-state index in [1.807, 2.05) is 38.1 Å². The zero-order valence-electron chi connectivity index (χ0n) is 11.4. The Hall–Kier alpha value is -1.39. The summed E-state index contributed by atoms with van der Waals surface area (Å²) in [6.45, 7) is 4.79. The molecule has 0 spiro atoms. The van der Waals surface area contributed by atoms with Gasteiger partial charge < -0.3 is 15.2 Å². The largest absolute Gasteiger partial charge is 0.387 e. The van der Waals surface area contributed by atoms with Gasteiger partial charge in [-0.15, -0.1) is 0 Å². The summed E-state index contributed by atoms with van der Waals surface area (Å²) in [6.07, 6.45) is 0.0619. The van der Waals surface area contributed by atoms with Crippen molar-refractivity contribution in [3.8, 4) is 0 Å². The van der Waals surface area contributed by atoms with Crippen LogP contribution in [-0.2, 0) is 9.53 Å². The van der Waals surface area contributed by atoms with Crippen LogP contribution in [0.4, 0.5) is 0 Å². The molecule has 2 rings (SSSR count). The molecule has 0 saturated carbocycles. The van der Waals surface area contributed by atoms with Crippen LogP contribution in [0.5, 0.6) is 0 Å². The van der Waals surface area contributed by atoms with Gasteiger partial charge in [-0.2, -0.15) is 0 Å². The number of hydrogen-bond donors (Lipinski definition) is 2. The zero-order valence-corrected chi connectivity index (χ0v) is 11.4. The molecule has 1 aromatic carbocycles. The maximum atomic E-state index is 11.9. The number of hydrogen-bond acceptors (Lipinski definition) is 3. The Balaban J connectivity index is 1.84. The topological polar surface area (TPSA) is 58.6 Å². The number of aryl methyl sites for hydroxylation is 1. The van der Waals surface area contributed by atoms with Gasteiger partial charge in [0.1, 0.15) is 0 Å². The number of carbonyl (C=O) groups is 1. The van der Waals surface area contributed by atoms with E-state index in [1.165, 1.54) is 0 Å². The van der Waals surface area contributed by atoms with E-state index >= 15 is 0 Å². The molecule has 0 bridgehead atoms. The molecule has 1 aliphatic rings. The molecule has 1 saturated heterocycles. The number of amides is 1. The third-order valence-corrected chi connectivity index (χ3v) is 3.64. The fraction of sp³-hybridized carbons (Fsp3) is 0.533. The van der Waals surface area contributed by atoms with E-state index in [9.17, 15) is 9.90 Å². The third kappa shape index (κ3) is 3.55. The molecule has 1 heterocycles. The standard InChI is InChI=1S/C15H21NO3/c1-10-3-5-12(6-4-10)14(17)9-16-15(18)13-7-8-19-11(13)2/h3-6,11,13-14,17H,7-9H2,1-2H3,(H,16,18). The molecule has 1 fully saturated rings. The molecule has 1 aliphatic heterocycles. The Morgan fingerprint density at radius 1 is 1.47 bits per heavy atom. The second-order valence-electron chi connectivity index (χ2n) is 5.14. The molecule has 0 radical (unpaired) electrons. The summed E-state index contributed by atoms with van der Waals surface area (Å²) < 4.78 is 5.37. The minimum Gasteiger partial charge on any atom is -0.387 e. The van der Waals surface area contributed by atoms with E-state index < -0.39 is 6.10 Å². The zero-order chi connectivity index (χ0) is 13.8. The van der Waals surface area contributed by atoms with E-state index in [0.29, 0.717) is 6.61 Å². The highest BCUT2D eigenvalue weighted by Gasteiger charge is 2.30. The summed E-state index contributed by atoms with van der Waals surface area (Å²) in [4.78, 5) is 11.9. The van der Waals surface area contributed by atoms with Crippen molar-refractivity contribution >= 4 is 5.91 Å². The first-order valence-corrected chi connectivity index (χ1v) is 6.72. The first-order valence-electron chi connectivity index (χ1n) is 6.72. The summed E-state index contributed by atoms with van der Waals surface area (Å²) in [5.41, 5.74) is 1.97. The smallest absolute Gasteiger partial charge is 0.225 e. The van der Waals surface area contributed by atoms with Crippen LogP contribution in [-0.4, -0.2) is 30.3 Å². The fourth-order valence-electron chi connectivity index (χ4n) is 2.31. The van der Waals surface area contributed by atoms with Gasteiger partial charge in [0.2, 0.25) is 5.91 Å². The summed E-state index contributed by atoms with van der Waals surface area (Å²) in [5, 5.41) is 12.8. The van der Waals surface area contributed by atoms with Crippen LogP contribution in [0.3, 0.4) is 0 Å². The predicted octanol–water partition coefficient (Wildman–Crippen LogP) is 1.57. The molecule has 1 aromatic rings. The van der Waals surface area contributed by atoms with Gasteiger partial charge in [-0.1, -0.05) is 29.8 Å². The molecule has 0 aliphatic carbocycles. The number of aliphatic hydroxyl groups is 1. The second kappa shape index (κ2) is 6.17. The highest BCUT2D eigenvalue weighted by atomic mass is 16.5. The molecule has 4 heteroatoms. The van der Waals surface area contributed by atoms with Crippen molar-refractivity contribution in [3.05, 3.63) is 35.4 Å². The molecule has 0 aromatic heterocycles. The molecule has 3 atom stereocenters. The van der Waals surface area contributed by atoms with Gasteiger partial charge in [0, 0.05) is 13.2 Å². The molecular weight excluding hydrogens is 242 g/mol. The fourth-order valence-corrected chi connectivity index (χ4v) is 2.31. The van der Waals surface area contributed by atoms with Gasteiger partial charge in [0.05, 0.1) is 18.1 Å². The summed E-state index contributed by atoms with van der Waals surface area (Å²) in [7, 11) is 0. The lowest BCUT2D eigenvalue weighted by atomic mass is 10.0. The van der Waals surface area contributed by atoms with E-state index in [4.69, 9.17) is 4.74 Å². The summed E-state index contributed by atoms with van der Waals surface area (Å²) in [6, 6.07) is 7.67. The monoisotopic (exact) mass is 263 g/mol. The number of aliphatic hydroxyl groups excluding tert-OH is 1. The lowest BCUT2D eigenvalue weighted by Crippen LogP contribution is -2.36. The van der Waals surface area contributed by atoms with Crippen molar-refractivity contribution in [2.24, 2.45) is 5.92 Å². The van der Waals surface area contributed by atoms with Crippen molar-refractivity contribution in [1.82, 2.24) is 5.32 Å². The molecule has 3 unspecified atom stereocenters. The molecule has 104 valence electrons. The van der Waals surface area contributed by atoms with E-state index in [0.717, 1.165) is 17.5 Å². The molecular formula is C15H21NO3. The molecule has 2 N–H and O–H groups in total. The second-order valence-corrected chi connectivity index (χ2v) is 5.14. The maximum absolute atomic E-state index is 11.9. The maximum Gasteiger partial charge on any atom is 0.225 e. The van der Waals surface area contributed by atoms with Gasteiger partial charge in [-0.3, -0.25) is 4.79 Å². The normalized spacial score (nSPS) is 24.2. The SMILES string of the molecule is Cc1ccc(C(O)CNC(=O)C2CCOC2C)cc1. The van der Waals surface area contributed by atoms with Crippen LogP contribution in [0.1, 0.15) is 30.6 Å². The number of rotatable bonds is 4. The summed E-state index contributed by atoms with van der Waals surface area (Å²) in [5.74, 6) is -0.124. The van der Waals surface area contributed by atoms with E-state index in [-0.39, 0.29) is 24.5 Å². The van der Waals surface area contributed by atoms with E-state index in [2.05, 4.69) is 5.32 Å². The minimum absolute atomic E-state index is 0.0310.